The summed E-state index contributed by atoms with van der Waals surface area (Å²) in [6, 6.07) is 20.1. The number of anilines is 1. The second kappa shape index (κ2) is 8.75. The van der Waals surface area contributed by atoms with Crippen LogP contribution in [0.2, 0.25) is 0 Å². The van der Waals surface area contributed by atoms with Gasteiger partial charge in [-0.2, -0.15) is 4.98 Å². The summed E-state index contributed by atoms with van der Waals surface area (Å²) >= 11 is 0. The maximum atomic E-state index is 13.1. The highest BCUT2D eigenvalue weighted by molar-refractivity contribution is 6.04. The molecule has 0 aliphatic heterocycles. The van der Waals surface area contributed by atoms with Gasteiger partial charge in [-0.05, 0) is 85.6 Å². The van der Waals surface area contributed by atoms with E-state index < -0.39 is 0 Å². The molecule has 3 aromatic carbocycles. The highest BCUT2D eigenvalue weighted by atomic mass is 19.1. The Labute approximate surface area is 179 Å². The van der Waals surface area contributed by atoms with E-state index in [4.69, 9.17) is 4.74 Å². The van der Waals surface area contributed by atoms with Gasteiger partial charge in [-0.15, -0.1) is 0 Å². The molecule has 4 aromatic rings. The van der Waals surface area contributed by atoms with Gasteiger partial charge in [0.15, 0.2) is 5.82 Å². The van der Waals surface area contributed by atoms with Crippen LogP contribution in [0.3, 0.4) is 0 Å². The van der Waals surface area contributed by atoms with E-state index in [1.54, 1.807) is 48.7 Å². The molecule has 0 saturated carbocycles. The largest absolute Gasteiger partial charge is 0.439 e. The van der Waals surface area contributed by atoms with Crippen molar-refractivity contribution in [1.29, 1.82) is 0 Å². The third kappa shape index (κ3) is 4.93. The molecule has 0 aliphatic rings. The van der Waals surface area contributed by atoms with Crippen molar-refractivity contribution < 1.29 is 13.9 Å². The van der Waals surface area contributed by atoms with Crippen molar-refractivity contribution in [2.75, 3.05) is 5.32 Å². The number of carbonyl (C=O) groups excluding carboxylic acids is 1. The first kappa shape index (κ1) is 20.2. The molecule has 0 spiro atoms. The van der Waals surface area contributed by atoms with E-state index in [0.717, 1.165) is 11.3 Å². The van der Waals surface area contributed by atoms with Gasteiger partial charge >= 0.3 is 0 Å². The van der Waals surface area contributed by atoms with Gasteiger partial charge in [0.25, 0.3) is 5.91 Å². The Hall–Kier alpha value is -4.06. The van der Waals surface area contributed by atoms with Gasteiger partial charge in [0.05, 0.1) is 0 Å². The average Bonchev–Trinajstić information content (AvgIpc) is 2.77. The van der Waals surface area contributed by atoms with Crippen molar-refractivity contribution in [3.05, 3.63) is 102 Å². The predicted molar refractivity (Wildman–Crippen MR) is 118 cm³/mol. The van der Waals surface area contributed by atoms with E-state index in [2.05, 4.69) is 15.3 Å². The molecular formula is C25H20FN3O2. The summed E-state index contributed by atoms with van der Waals surface area (Å²) in [6.45, 7) is 4.03. The summed E-state index contributed by atoms with van der Waals surface area (Å²) in [5.41, 5.74) is 4.24. The van der Waals surface area contributed by atoms with Crippen molar-refractivity contribution in [1.82, 2.24) is 9.97 Å². The van der Waals surface area contributed by atoms with Crippen LogP contribution in [0.4, 0.5) is 10.1 Å². The highest BCUT2D eigenvalue weighted by Crippen LogP contribution is 2.23. The van der Waals surface area contributed by atoms with Crippen LogP contribution in [0.5, 0.6) is 11.6 Å². The monoisotopic (exact) mass is 413 g/mol. The van der Waals surface area contributed by atoms with Crippen LogP contribution in [0, 0.1) is 19.7 Å². The van der Waals surface area contributed by atoms with E-state index in [1.807, 2.05) is 32.0 Å². The number of aryl methyl sites for hydroxylation is 2. The van der Waals surface area contributed by atoms with Gasteiger partial charge in [0.2, 0.25) is 5.88 Å². The number of hydrogen-bond acceptors (Lipinski definition) is 4. The quantitative estimate of drug-likeness (QED) is 0.439. The molecule has 4 rings (SSSR count). The minimum absolute atomic E-state index is 0.199. The molecule has 0 unspecified atom stereocenters. The van der Waals surface area contributed by atoms with Crippen molar-refractivity contribution >= 4 is 11.6 Å². The summed E-state index contributed by atoms with van der Waals surface area (Å²) < 4.78 is 18.9. The van der Waals surface area contributed by atoms with E-state index in [9.17, 15) is 9.18 Å². The molecule has 0 atom stereocenters. The standard InChI is InChI=1S/C25H20FN3O2/c1-16-3-10-21(15-17(16)2)28-25(30)19-6-11-22(12-7-19)31-23-13-14-27-24(29-23)18-4-8-20(26)9-5-18/h3-15H,1-2H3,(H,28,30). The summed E-state index contributed by atoms with van der Waals surface area (Å²) in [5.74, 6) is 0.795. The van der Waals surface area contributed by atoms with Gasteiger partial charge in [0.1, 0.15) is 11.6 Å². The fourth-order valence-corrected chi connectivity index (χ4v) is 2.95. The first-order chi connectivity index (χ1) is 15.0. The minimum atomic E-state index is -0.321. The highest BCUT2D eigenvalue weighted by Gasteiger charge is 2.09. The second-order valence-electron chi connectivity index (χ2n) is 7.10. The second-order valence-corrected chi connectivity index (χ2v) is 7.10. The van der Waals surface area contributed by atoms with Crippen molar-refractivity contribution in [2.45, 2.75) is 13.8 Å². The lowest BCUT2D eigenvalue weighted by atomic mass is 10.1. The van der Waals surface area contributed by atoms with Crippen LogP contribution in [0.15, 0.2) is 79.0 Å². The number of benzene rings is 3. The van der Waals surface area contributed by atoms with Crippen LogP contribution in [-0.2, 0) is 0 Å². The van der Waals surface area contributed by atoms with Crippen LogP contribution in [0.1, 0.15) is 21.5 Å². The molecule has 1 amide bonds. The van der Waals surface area contributed by atoms with E-state index in [1.165, 1.54) is 17.7 Å². The fourth-order valence-electron chi connectivity index (χ4n) is 2.95. The van der Waals surface area contributed by atoms with E-state index >= 15 is 0 Å². The third-order valence-corrected chi connectivity index (χ3v) is 4.84. The smallest absolute Gasteiger partial charge is 0.255 e. The Morgan fingerprint density at radius 2 is 1.65 bits per heavy atom. The summed E-state index contributed by atoms with van der Waals surface area (Å²) in [7, 11) is 0. The molecule has 5 nitrogen and oxygen atoms in total. The van der Waals surface area contributed by atoms with Crippen LogP contribution in [-0.4, -0.2) is 15.9 Å². The first-order valence-corrected chi connectivity index (χ1v) is 9.73. The van der Waals surface area contributed by atoms with E-state index in [0.29, 0.717) is 28.6 Å². The summed E-state index contributed by atoms with van der Waals surface area (Å²) in [5, 5.41) is 2.90. The lowest BCUT2D eigenvalue weighted by Gasteiger charge is -2.09. The Morgan fingerprint density at radius 3 is 2.35 bits per heavy atom. The van der Waals surface area contributed by atoms with Gasteiger partial charge in [-0.3, -0.25) is 4.79 Å². The Morgan fingerprint density at radius 1 is 0.903 bits per heavy atom. The molecule has 1 N–H and O–H groups in total. The maximum Gasteiger partial charge on any atom is 0.255 e. The average molecular weight is 413 g/mol. The number of amides is 1. The number of halogens is 1. The van der Waals surface area contributed by atoms with Crippen LogP contribution in [0.25, 0.3) is 11.4 Å². The van der Waals surface area contributed by atoms with Crippen molar-refractivity contribution in [2.24, 2.45) is 0 Å². The predicted octanol–water partition coefficient (Wildman–Crippen LogP) is 5.94. The molecule has 0 saturated heterocycles. The van der Waals surface area contributed by atoms with Crippen LogP contribution >= 0.6 is 0 Å². The number of ether oxygens (including phenoxy) is 1. The van der Waals surface area contributed by atoms with Crippen LogP contribution < -0.4 is 10.1 Å². The number of nitrogens with zero attached hydrogens (tertiary/aromatic N) is 2. The molecule has 1 aromatic heterocycles. The zero-order chi connectivity index (χ0) is 21.8. The molecule has 0 aliphatic carbocycles. The number of rotatable bonds is 5. The SMILES string of the molecule is Cc1ccc(NC(=O)c2ccc(Oc3ccnc(-c4ccc(F)cc4)n3)cc2)cc1C. The summed E-state index contributed by atoms with van der Waals surface area (Å²) in [6.07, 6.45) is 1.58. The topological polar surface area (TPSA) is 64.1 Å². The zero-order valence-electron chi connectivity index (χ0n) is 17.1. The molecule has 154 valence electrons. The summed E-state index contributed by atoms with van der Waals surface area (Å²) in [4.78, 5) is 21.1. The Kier molecular flexibility index (Phi) is 5.71. The maximum absolute atomic E-state index is 13.1. The van der Waals surface area contributed by atoms with Gasteiger partial charge in [-0.1, -0.05) is 6.07 Å². The van der Waals surface area contributed by atoms with E-state index in [-0.39, 0.29) is 11.7 Å². The normalized spacial score (nSPS) is 10.5. The molecule has 31 heavy (non-hydrogen) atoms. The fraction of sp³-hybridized carbons (Fsp3) is 0.0800. The Balaban J connectivity index is 1.45. The first-order valence-electron chi connectivity index (χ1n) is 9.73. The van der Waals surface area contributed by atoms with Gasteiger partial charge in [-0.25, -0.2) is 9.37 Å². The third-order valence-electron chi connectivity index (χ3n) is 4.84. The lowest BCUT2D eigenvalue weighted by Crippen LogP contribution is -2.11. The van der Waals surface area contributed by atoms with Gasteiger partial charge < -0.3 is 10.1 Å². The zero-order valence-corrected chi connectivity index (χ0v) is 17.1. The number of hydrogen-bond donors (Lipinski definition) is 1. The van der Waals surface area contributed by atoms with Crippen molar-refractivity contribution in [3.8, 4) is 23.0 Å². The number of carbonyl (C=O) groups is 1. The molecule has 1 heterocycles. The molecule has 6 heteroatoms. The molecule has 0 fully saturated rings. The Bertz CT molecular complexity index is 1220. The lowest BCUT2D eigenvalue weighted by molar-refractivity contribution is 0.102. The molecular weight excluding hydrogens is 393 g/mol. The van der Waals surface area contributed by atoms with Crippen molar-refractivity contribution in [3.63, 3.8) is 0 Å². The molecule has 0 radical (unpaired) electrons. The van der Waals surface area contributed by atoms with Gasteiger partial charge in [0, 0.05) is 29.1 Å². The molecule has 0 bridgehead atoms. The number of aromatic nitrogens is 2. The number of nitrogens with one attached hydrogen (secondary N) is 1. The minimum Gasteiger partial charge on any atom is -0.439 e.